The molecule has 1 aliphatic rings. The average molecular weight is 518 g/mol. The molecular weight excluding hydrogens is 490 g/mol. The van der Waals surface area contributed by atoms with Gasteiger partial charge >= 0.3 is 0 Å². The number of carbonyl (C=O) groups excluding carboxylic acids is 1. The molecule has 0 radical (unpaired) electrons. The molecule has 0 bridgehead atoms. The summed E-state index contributed by atoms with van der Waals surface area (Å²) >= 11 is 0. The van der Waals surface area contributed by atoms with Crippen molar-refractivity contribution in [2.24, 2.45) is 0 Å². The number of hydrogen-bond acceptors (Lipinski definition) is 6. The van der Waals surface area contributed by atoms with Gasteiger partial charge in [0.25, 0.3) is 5.91 Å². The van der Waals surface area contributed by atoms with E-state index in [0.717, 1.165) is 35.7 Å². The first kappa shape index (κ1) is 24.4. The molecule has 3 N–H and O–H groups in total. The molecule has 8 heteroatoms. The van der Waals surface area contributed by atoms with E-state index >= 15 is 0 Å². The highest BCUT2D eigenvalue weighted by molar-refractivity contribution is 6.09. The highest BCUT2D eigenvalue weighted by Crippen LogP contribution is 2.29. The van der Waals surface area contributed by atoms with Crippen LogP contribution in [-0.4, -0.2) is 57.3 Å². The van der Waals surface area contributed by atoms with Crippen LogP contribution in [0.3, 0.4) is 0 Å². The fraction of sp³-hybridized carbons (Fsp3) is 0.129. The van der Waals surface area contributed by atoms with E-state index in [-0.39, 0.29) is 11.7 Å². The molecule has 2 aromatic heterocycles. The number of benzene rings is 3. The molecule has 194 valence electrons. The summed E-state index contributed by atoms with van der Waals surface area (Å²) < 4.78 is 5.89. The minimum absolute atomic E-state index is 0.0533. The number of para-hydroxylation sites is 1. The van der Waals surface area contributed by atoms with Crippen molar-refractivity contribution >= 4 is 29.1 Å². The highest BCUT2D eigenvalue weighted by atomic mass is 16.5. The summed E-state index contributed by atoms with van der Waals surface area (Å²) in [4.78, 5) is 20.3. The van der Waals surface area contributed by atoms with E-state index in [1.807, 2.05) is 77.7 Å². The van der Waals surface area contributed by atoms with Crippen LogP contribution in [0.25, 0.3) is 34.4 Å². The van der Waals surface area contributed by atoms with Crippen molar-refractivity contribution in [3.63, 3.8) is 0 Å². The Morgan fingerprint density at radius 2 is 1.62 bits per heavy atom. The molecule has 8 nitrogen and oxygen atoms in total. The number of ether oxygens (including phenoxy) is 1. The molecule has 0 aliphatic carbocycles. The molecular formula is C31H27N5O3. The molecule has 1 amide bonds. The number of nitrogens with zero attached hydrogens (tertiary/aromatic N) is 3. The molecule has 3 aromatic carbocycles. The number of aromatic hydroxyl groups is 1. The minimum Gasteiger partial charge on any atom is -0.508 e. The van der Waals surface area contributed by atoms with Crippen LogP contribution in [0.2, 0.25) is 0 Å². The summed E-state index contributed by atoms with van der Waals surface area (Å²) in [6.45, 7) is 2.79. The van der Waals surface area contributed by atoms with Gasteiger partial charge in [-0.25, -0.2) is 4.98 Å². The molecule has 0 saturated carbocycles. The lowest BCUT2D eigenvalue weighted by atomic mass is 10.0. The van der Waals surface area contributed by atoms with Crippen LogP contribution >= 0.6 is 0 Å². The Hall–Kier alpha value is -4.95. The van der Waals surface area contributed by atoms with Crippen LogP contribution in [0.1, 0.15) is 21.6 Å². The van der Waals surface area contributed by atoms with Gasteiger partial charge in [-0.05, 0) is 66.2 Å². The molecule has 0 atom stereocenters. The van der Waals surface area contributed by atoms with E-state index in [0.29, 0.717) is 41.1 Å². The maximum Gasteiger partial charge on any atom is 0.254 e. The molecule has 3 heterocycles. The van der Waals surface area contributed by atoms with E-state index in [1.54, 1.807) is 24.3 Å². The van der Waals surface area contributed by atoms with Crippen molar-refractivity contribution in [1.29, 1.82) is 0 Å². The number of nitrogens with one attached hydrogen (secondary N) is 2. The van der Waals surface area contributed by atoms with Crippen molar-refractivity contribution in [2.75, 3.05) is 26.2 Å². The van der Waals surface area contributed by atoms with E-state index in [9.17, 15) is 9.90 Å². The van der Waals surface area contributed by atoms with Gasteiger partial charge in [-0.2, -0.15) is 5.10 Å². The molecule has 0 spiro atoms. The third-order valence-corrected chi connectivity index (χ3v) is 6.65. The molecule has 1 saturated heterocycles. The monoisotopic (exact) mass is 517 g/mol. The maximum absolute atomic E-state index is 13.7. The van der Waals surface area contributed by atoms with Crippen LogP contribution < -0.4 is 10.1 Å². The van der Waals surface area contributed by atoms with E-state index in [4.69, 9.17) is 9.72 Å². The number of rotatable bonds is 6. The van der Waals surface area contributed by atoms with Crippen LogP contribution in [0, 0.1) is 0 Å². The SMILES string of the molecule is O=C(c1cc(-c2ccc(O)cc2)nc2n[nH]c(/C=C/c3ccc(Oc4ccccc4)cc3)c12)N1CCNCC1. The van der Waals surface area contributed by atoms with Crippen LogP contribution in [0.4, 0.5) is 0 Å². The predicted octanol–water partition coefficient (Wildman–Crippen LogP) is 5.34. The van der Waals surface area contributed by atoms with E-state index < -0.39 is 0 Å². The van der Waals surface area contributed by atoms with Gasteiger partial charge in [0.2, 0.25) is 0 Å². The second-order valence-corrected chi connectivity index (χ2v) is 9.30. The number of carbonyl (C=O) groups is 1. The molecule has 1 fully saturated rings. The van der Waals surface area contributed by atoms with Crippen molar-refractivity contribution in [2.45, 2.75) is 0 Å². The van der Waals surface area contributed by atoms with Crippen LogP contribution in [0.15, 0.2) is 84.9 Å². The maximum atomic E-state index is 13.7. The lowest BCUT2D eigenvalue weighted by Crippen LogP contribution is -2.46. The number of amides is 1. The number of H-pyrrole nitrogens is 1. The van der Waals surface area contributed by atoms with Gasteiger partial charge < -0.3 is 20.1 Å². The second kappa shape index (κ2) is 10.8. The Morgan fingerprint density at radius 1 is 0.897 bits per heavy atom. The number of pyridine rings is 1. The smallest absolute Gasteiger partial charge is 0.254 e. The summed E-state index contributed by atoms with van der Waals surface area (Å²) in [5.74, 6) is 1.65. The van der Waals surface area contributed by atoms with Gasteiger partial charge in [0, 0.05) is 31.7 Å². The summed E-state index contributed by atoms with van der Waals surface area (Å²) in [5.41, 5.74) is 4.11. The standard InChI is InChI=1S/C31H27N5O3/c37-23-11-9-22(10-12-23)28-20-26(31(38)36-18-16-32-17-19-36)29-27(34-35-30(29)33-28)15-8-21-6-13-25(14-7-21)39-24-4-2-1-3-5-24/h1-15,20,32,37H,16-19H2,(H,33,34,35)/b15-8+. The van der Waals surface area contributed by atoms with E-state index in [1.165, 1.54) is 0 Å². The average Bonchev–Trinajstić information content (AvgIpc) is 3.40. The first-order valence-corrected chi connectivity index (χ1v) is 12.8. The number of fused-ring (bicyclic) bond motifs is 1. The lowest BCUT2D eigenvalue weighted by molar-refractivity contribution is 0.0737. The quantitative estimate of drug-likeness (QED) is 0.281. The van der Waals surface area contributed by atoms with Crippen molar-refractivity contribution in [3.05, 3.63) is 102 Å². The molecule has 5 aromatic rings. The second-order valence-electron chi connectivity index (χ2n) is 9.30. The van der Waals surface area contributed by atoms with Crippen molar-refractivity contribution in [3.8, 4) is 28.5 Å². The molecule has 6 rings (SSSR count). The summed E-state index contributed by atoms with van der Waals surface area (Å²) in [5, 5.41) is 21.2. The summed E-state index contributed by atoms with van der Waals surface area (Å²) in [6, 6.07) is 26.0. The summed E-state index contributed by atoms with van der Waals surface area (Å²) in [7, 11) is 0. The number of aromatic nitrogens is 3. The fourth-order valence-electron chi connectivity index (χ4n) is 4.61. The zero-order valence-electron chi connectivity index (χ0n) is 21.2. The lowest BCUT2D eigenvalue weighted by Gasteiger charge is -2.27. The number of piperazine rings is 1. The first-order chi connectivity index (χ1) is 19.1. The number of phenolic OH excluding ortho intramolecular Hbond substituents is 1. The fourth-order valence-corrected chi connectivity index (χ4v) is 4.61. The first-order valence-electron chi connectivity index (χ1n) is 12.8. The normalized spacial score (nSPS) is 13.7. The van der Waals surface area contributed by atoms with E-state index in [2.05, 4.69) is 15.5 Å². The van der Waals surface area contributed by atoms with Gasteiger partial charge in [0.05, 0.1) is 22.3 Å². The number of phenols is 1. The Bertz CT molecular complexity index is 1620. The van der Waals surface area contributed by atoms with Crippen molar-refractivity contribution < 1.29 is 14.6 Å². The largest absolute Gasteiger partial charge is 0.508 e. The number of hydrogen-bond donors (Lipinski definition) is 3. The third kappa shape index (κ3) is 5.37. The topological polar surface area (TPSA) is 103 Å². The van der Waals surface area contributed by atoms with Gasteiger partial charge in [-0.15, -0.1) is 0 Å². The zero-order chi connectivity index (χ0) is 26.6. The molecule has 39 heavy (non-hydrogen) atoms. The van der Waals surface area contributed by atoms with Gasteiger partial charge in [-0.1, -0.05) is 36.4 Å². The van der Waals surface area contributed by atoms with Crippen molar-refractivity contribution in [1.82, 2.24) is 25.4 Å². The van der Waals surface area contributed by atoms with Crippen LogP contribution in [-0.2, 0) is 0 Å². The van der Waals surface area contributed by atoms with Gasteiger partial charge in [-0.3, -0.25) is 9.89 Å². The van der Waals surface area contributed by atoms with Gasteiger partial charge in [0.1, 0.15) is 17.2 Å². The predicted molar refractivity (Wildman–Crippen MR) is 152 cm³/mol. The molecule has 1 aliphatic heterocycles. The Labute approximate surface area is 225 Å². The molecule has 0 unspecified atom stereocenters. The Kier molecular flexibility index (Phi) is 6.76. The van der Waals surface area contributed by atoms with Gasteiger partial charge in [0.15, 0.2) is 5.65 Å². The summed E-state index contributed by atoms with van der Waals surface area (Å²) in [6.07, 6.45) is 3.88. The Balaban J connectivity index is 1.33. The highest BCUT2D eigenvalue weighted by Gasteiger charge is 2.24. The Morgan fingerprint density at radius 3 is 2.36 bits per heavy atom. The minimum atomic E-state index is -0.0533. The zero-order valence-corrected chi connectivity index (χ0v) is 21.2. The third-order valence-electron chi connectivity index (χ3n) is 6.65. The van der Waals surface area contributed by atoms with Crippen LogP contribution in [0.5, 0.6) is 17.2 Å². The number of aromatic amines is 1.